The third kappa shape index (κ3) is 2.83. The summed E-state index contributed by atoms with van der Waals surface area (Å²) in [5, 5.41) is 3.21. The summed E-state index contributed by atoms with van der Waals surface area (Å²) in [4.78, 5) is 2.44. The number of rotatable bonds is 3. The monoisotopic (exact) mass is 218 g/mol. The van der Waals surface area contributed by atoms with Gasteiger partial charge in [-0.05, 0) is 50.5 Å². The molecular formula is C14H22N2. The van der Waals surface area contributed by atoms with Gasteiger partial charge in [-0.3, -0.25) is 0 Å². The summed E-state index contributed by atoms with van der Waals surface area (Å²) in [6, 6.07) is 9.03. The molecule has 0 aliphatic carbocycles. The minimum atomic E-state index is 0.732. The van der Waals surface area contributed by atoms with E-state index in [9.17, 15) is 0 Å². The number of nitrogens with one attached hydrogen (secondary N) is 1. The predicted molar refractivity (Wildman–Crippen MR) is 68.7 cm³/mol. The molecule has 1 N–H and O–H groups in total. The zero-order chi connectivity index (χ0) is 11.4. The molecule has 1 aromatic rings. The van der Waals surface area contributed by atoms with Gasteiger partial charge in [0.2, 0.25) is 0 Å². The van der Waals surface area contributed by atoms with Crippen molar-refractivity contribution in [3.8, 4) is 0 Å². The molecule has 0 spiro atoms. The van der Waals surface area contributed by atoms with Crippen molar-refractivity contribution in [2.45, 2.75) is 25.3 Å². The maximum absolute atomic E-state index is 3.21. The summed E-state index contributed by atoms with van der Waals surface area (Å²) in [6.45, 7) is 3.44. The molecule has 88 valence electrons. The smallest absolute Gasteiger partial charge is 0.0202 e. The number of nitrogens with zero attached hydrogens (tertiary/aromatic N) is 1. The van der Waals surface area contributed by atoms with Gasteiger partial charge in [-0.2, -0.15) is 0 Å². The van der Waals surface area contributed by atoms with Crippen LogP contribution in [0.2, 0.25) is 0 Å². The minimum Gasteiger partial charge on any atom is -0.316 e. The Bertz CT molecular complexity index is 335. The molecule has 0 radical (unpaired) electrons. The molecule has 1 unspecified atom stereocenters. The first-order chi connectivity index (χ1) is 7.79. The molecule has 1 aliphatic heterocycles. The van der Waals surface area contributed by atoms with Crippen LogP contribution in [0.15, 0.2) is 24.3 Å². The lowest BCUT2D eigenvalue weighted by Gasteiger charge is -2.30. The van der Waals surface area contributed by atoms with Crippen molar-refractivity contribution >= 4 is 0 Å². The van der Waals surface area contributed by atoms with Crippen LogP contribution >= 0.6 is 0 Å². The van der Waals surface area contributed by atoms with E-state index in [1.165, 1.54) is 37.1 Å². The average molecular weight is 218 g/mol. The van der Waals surface area contributed by atoms with Gasteiger partial charge in [0.25, 0.3) is 0 Å². The van der Waals surface area contributed by atoms with Crippen molar-refractivity contribution in [1.29, 1.82) is 0 Å². The molecule has 1 aliphatic rings. The van der Waals surface area contributed by atoms with Crippen LogP contribution in [-0.4, -0.2) is 32.1 Å². The number of likely N-dealkylation sites (N-methyl/N-ethyl adjacent to an activating group) is 1. The van der Waals surface area contributed by atoms with E-state index in [0.29, 0.717) is 0 Å². The van der Waals surface area contributed by atoms with Crippen molar-refractivity contribution < 1.29 is 0 Å². The molecule has 0 aromatic heterocycles. The lowest BCUT2D eigenvalue weighted by Crippen LogP contribution is -2.30. The summed E-state index contributed by atoms with van der Waals surface area (Å²) in [5.74, 6) is 0.732. The normalized spacial score (nSPS) is 22.2. The zero-order valence-electron chi connectivity index (χ0n) is 10.4. The topological polar surface area (TPSA) is 15.3 Å². The highest BCUT2D eigenvalue weighted by Crippen LogP contribution is 2.26. The van der Waals surface area contributed by atoms with Gasteiger partial charge in [-0.25, -0.2) is 0 Å². The number of benzene rings is 1. The van der Waals surface area contributed by atoms with Crippen LogP contribution in [-0.2, 0) is 6.54 Å². The van der Waals surface area contributed by atoms with E-state index in [0.717, 1.165) is 12.5 Å². The van der Waals surface area contributed by atoms with Crippen LogP contribution in [0.25, 0.3) is 0 Å². The molecule has 1 heterocycles. The molecule has 1 atom stereocenters. The molecule has 2 heteroatoms. The van der Waals surface area contributed by atoms with Crippen LogP contribution in [0, 0.1) is 0 Å². The van der Waals surface area contributed by atoms with Crippen molar-refractivity contribution in [3.05, 3.63) is 35.4 Å². The molecule has 1 saturated heterocycles. The molecule has 0 saturated carbocycles. The third-order valence-corrected chi connectivity index (χ3v) is 3.43. The van der Waals surface area contributed by atoms with Gasteiger partial charge in [0.05, 0.1) is 0 Å². The zero-order valence-corrected chi connectivity index (χ0v) is 10.4. The number of piperidine rings is 1. The highest BCUT2D eigenvalue weighted by molar-refractivity contribution is 5.27. The van der Waals surface area contributed by atoms with Gasteiger partial charge < -0.3 is 10.2 Å². The summed E-state index contributed by atoms with van der Waals surface area (Å²) in [7, 11) is 4.23. The van der Waals surface area contributed by atoms with Crippen molar-refractivity contribution in [2.24, 2.45) is 0 Å². The fourth-order valence-corrected chi connectivity index (χ4v) is 2.60. The Hall–Kier alpha value is -0.860. The van der Waals surface area contributed by atoms with E-state index in [2.05, 4.69) is 41.5 Å². The van der Waals surface area contributed by atoms with E-state index in [1.54, 1.807) is 0 Å². The fourth-order valence-electron chi connectivity index (χ4n) is 2.60. The average Bonchev–Trinajstić information content (AvgIpc) is 2.30. The molecule has 1 fully saturated rings. The molecule has 16 heavy (non-hydrogen) atoms. The van der Waals surface area contributed by atoms with E-state index in [4.69, 9.17) is 0 Å². The van der Waals surface area contributed by atoms with Gasteiger partial charge >= 0.3 is 0 Å². The highest BCUT2D eigenvalue weighted by Gasteiger charge is 2.18. The molecule has 0 amide bonds. The highest BCUT2D eigenvalue weighted by atomic mass is 15.1. The van der Waals surface area contributed by atoms with Crippen LogP contribution in [0.3, 0.4) is 0 Å². The first-order valence-corrected chi connectivity index (χ1v) is 6.21. The van der Waals surface area contributed by atoms with Gasteiger partial charge in [-0.1, -0.05) is 24.3 Å². The second-order valence-corrected chi connectivity index (χ2v) is 4.88. The van der Waals surface area contributed by atoms with Crippen LogP contribution in [0.1, 0.15) is 29.9 Å². The predicted octanol–water partition coefficient (Wildman–Crippen LogP) is 2.22. The van der Waals surface area contributed by atoms with E-state index >= 15 is 0 Å². The number of hydrogen-bond acceptors (Lipinski definition) is 2. The van der Waals surface area contributed by atoms with Crippen molar-refractivity contribution in [2.75, 3.05) is 27.2 Å². The first kappa shape index (κ1) is 11.6. The summed E-state index contributed by atoms with van der Waals surface area (Å²) < 4.78 is 0. The standard InChI is InChI=1S/C14H22N2/c1-15-10-12-5-3-6-13(9-12)14-7-4-8-16(2)11-14/h3,5-6,9,14-15H,4,7-8,10-11H2,1-2H3. The van der Waals surface area contributed by atoms with Gasteiger partial charge in [0, 0.05) is 13.1 Å². The minimum absolute atomic E-state index is 0.732. The Morgan fingerprint density at radius 2 is 2.31 bits per heavy atom. The molecule has 0 bridgehead atoms. The Balaban J connectivity index is 2.09. The van der Waals surface area contributed by atoms with E-state index in [-0.39, 0.29) is 0 Å². The summed E-state index contributed by atoms with van der Waals surface area (Å²) in [5.41, 5.74) is 2.91. The second-order valence-electron chi connectivity index (χ2n) is 4.88. The summed E-state index contributed by atoms with van der Waals surface area (Å²) in [6.07, 6.45) is 2.67. The first-order valence-electron chi connectivity index (χ1n) is 6.21. The van der Waals surface area contributed by atoms with Crippen LogP contribution < -0.4 is 5.32 Å². The van der Waals surface area contributed by atoms with Crippen LogP contribution in [0.5, 0.6) is 0 Å². The van der Waals surface area contributed by atoms with Crippen molar-refractivity contribution in [3.63, 3.8) is 0 Å². The van der Waals surface area contributed by atoms with E-state index < -0.39 is 0 Å². The fraction of sp³-hybridized carbons (Fsp3) is 0.571. The maximum Gasteiger partial charge on any atom is 0.0202 e. The van der Waals surface area contributed by atoms with Gasteiger partial charge in [0.15, 0.2) is 0 Å². The van der Waals surface area contributed by atoms with Gasteiger partial charge in [0.1, 0.15) is 0 Å². The third-order valence-electron chi connectivity index (χ3n) is 3.43. The van der Waals surface area contributed by atoms with E-state index in [1.807, 2.05) is 7.05 Å². The maximum atomic E-state index is 3.21. The largest absolute Gasteiger partial charge is 0.316 e. The Morgan fingerprint density at radius 3 is 3.06 bits per heavy atom. The number of likely N-dealkylation sites (tertiary alicyclic amines) is 1. The Morgan fingerprint density at radius 1 is 1.44 bits per heavy atom. The molecule has 2 nitrogen and oxygen atoms in total. The van der Waals surface area contributed by atoms with Crippen molar-refractivity contribution in [1.82, 2.24) is 10.2 Å². The Kier molecular flexibility index (Phi) is 3.97. The molecule has 1 aromatic carbocycles. The molecule has 2 rings (SSSR count). The van der Waals surface area contributed by atoms with Crippen LogP contribution in [0.4, 0.5) is 0 Å². The van der Waals surface area contributed by atoms with Gasteiger partial charge in [-0.15, -0.1) is 0 Å². The quantitative estimate of drug-likeness (QED) is 0.837. The molecular weight excluding hydrogens is 196 g/mol. The second kappa shape index (κ2) is 5.46. The lowest BCUT2D eigenvalue weighted by atomic mass is 9.90. The number of hydrogen-bond donors (Lipinski definition) is 1. The summed E-state index contributed by atoms with van der Waals surface area (Å²) >= 11 is 0. The Labute approximate surface area is 98.7 Å². The SMILES string of the molecule is CNCc1cccc(C2CCCN(C)C2)c1. The lowest BCUT2D eigenvalue weighted by molar-refractivity contribution is 0.251.